The molecular formula is C17H22ClN3O2. The molecule has 1 aromatic carbocycles. The van der Waals surface area contributed by atoms with Crippen LogP contribution in [0.15, 0.2) is 22.7 Å². The van der Waals surface area contributed by atoms with Crippen LogP contribution in [0.4, 0.5) is 5.69 Å². The fourth-order valence-electron chi connectivity index (χ4n) is 2.39. The van der Waals surface area contributed by atoms with E-state index in [4.69, 9.17) is 16.1 Å². The monoisotopic (exact) mass is 335 g/mol. The van der Waals surface area contributed by atoms with Crippen LogP contribution in [0.2, 0.25) is 5.02 Å². The minimum Gasteiger partial charge on any atom is -0.361 e. The number of hydrogen-bond acceptors (Lipinski definition) is 4. The fourth-order valence-corrected chi connectivity index (χ4v) is 2.76. The molecule has 23 heavy (non-hydrogen) atoms. The van der Waals surface area contributed by atoms with Gasteiger partial charge in [-0.2, -0.15) is 0 Å². The third-order valence-corrected chi connectivity index (χ3v) is 4.11. The second kappa shape index (κ2) is 7.15. The summed E-state index contributed by atoms with van der Waals surface area (Å²) in [4.78, 5) is 14.4. The molecule has 2 rings (SSSR count). The second-order valence-electron chi connectivity index (χ2n) is 5.95. The van der Waals surface area contributed by atoms with E-state index in [0.29, 0.717) is 17.3 Å². The van der Waals surface area contributed by atoms with Crippen LogP contribution in [0.5, 0.6) is 0 Å². The van der Waals surface area contributed by atoms with Gasteiger partial charge in [-0.05, 0) is 51.9 Å². The van der Waals surface area contributed by atoms with E-state index >= 15 is 0 Å². The van der Waals surface area contributed by atoms with Gasteiger partial charge in [0.05, 0.1) is 22.4 Å². The van der Waals surface area contributed by atoms with Crippen LogP contribution in [0, 0.1) is 20.8 Å². The van der Waals surface area contributed by atoms with Crippen molar-refractivity contribution in [2.45, 2.75) is 40.3 Å². The average Bonchev–Trinajstić information content (AvgIpc) is 2.86. The van der Waals surface area contributed by atoms with Gasteiger partial charge >= 0.3 is 0 Å². The highest BCUT2D eigenvalue weighted by molar-refractivity contribution is 6.34. The number of amides is 1. The topological polar surface area (TPSA) is 58.4 Å². The number of carbonyl (C=O) groups is 1. The number of likely N-dealkylation sites (N-methyl/N-ethyl adjacent to an activating group) is 1. The predicted octanol–water partition coefficient (Wildman–Crippen LogP) is 3.71. The maximum Gasteiger partial charge on any atom is 0.241 e. The maximum absolute atomic E-state index is 12.5. The smallest absolute Gasteiger partial charge is 0.241 e. The zero-order chi connectivity index (χ0) is 17.1. The summed E-state index contributed by atoms with van der Waals surface area (Å²) in [6, 6.07) is 5.37. The summed E-state index contributed by atoms with van der Waals surface area (Å²) in [6.07, 6.45) is 0. The van der Waals surface area contributed by atoms with Crippen molar-refractivity contribution in [2.75, 3.05) is 12.4 Å². The van der Waals surface area contributed by atoms with Crippen molar-refractivity contribution in [1.29, 1.82) is 0 Å². The van der Waals surface area contributed by atoms with Gasteiger partial charge in [0.15, 0.2) is 0 Å². The lowest BCUT2D eigenvalue weighted by Gasteiger charge is -2.23. The predicted molar refractivity (Wildman–Crippen MR) is 91.7 cm³/mol. The number of aromatic nitrogens is 1. The average molecular weight is 336 g/mol. The standard InChI is InChI=1S/C17H22ClN3O2/c1-10-6-11(2)16(15(18)7-10)19-17(22)13(4)21(5)9-14-8-12(3)23-20-14/h6-8,13H,9H2,1-5H3,(H,19,22). The van der Waals surface area contributed by atoms with E-state index in [1.54, 1.807) is 0 Å². The van der Waals surface area contributed by atoms with E-state index < -0.39 is 0 Å². The van der Waals surface area contributed by atoms with Gasteiger partial charge in [-0.3, -0.25) is 9.69 Å². The number of aryl methyl sites for hydroxylation is 3. The molecule has 6 heteroatoms. The van der Waals surface area contributed by atoms with Crippen LogP contribution in [0.25, 0.3) is 0 Å². The first-order valence-electron chi connectivity index (χ1n) is 7.48. The van der Waals surface area contributed by atoms with Crippen LogP contribution >= 0.6 is 11.6 Å². The molecule has 0 saturated carbocycles. The molecule has 1 amide bonds. The van der Waals surface area contributed by atoms with Crippen molar-refractivity contribution < 1.29 is 9.32 Å². The molecule has 0 aliphatic rings. The van der Waals surface area contributed by atoms with Crippen molar-refractivity contribution in [2.24, 2.45) is 0 Å². The number of carbonyl (C=O) groups excluding carboxylic acids is 1. The molecule has 0 bridgehead atoms. The van der Waals surface area contributed by atoms with Crippen molar-refractivity contribution in [3.63, 3.8) is 0 Å². The number of nitrogens with zero attached hydrogens (tertiary/aromatic N) is 2. The SMILES string of the molecule is Cc1cc(C)c(NC(=O)C(C)N(C)Cc2cc(C)on2)c(Cl)c1. The maximum atomic E-state index is 12.5. The summed E-state index contributed by atoms with van der Waals surface area (Å²) in [5.74, 6) is 0.647. The molecule has 0 fully saturated rings. The highest BCUT2D eigenvalue weighted by Gasteiger charge is 2.21. The van der Waals surface area contributed by atoms with Gasteiger partial charge in [-0.15, -0.1) is 0 Å². The van der Waals surface area contributed by atoms with Crippen LogP contribution in [0.3, 0.4) is 0 Å². The first-order chi connectivity index (χ1) is 10.8. The first-order valence-corrected chi connectivity index (χ1v) is 7.85. The Morgan fingerprint density at radius 1 is 1.35 bits per heavy atom. The molecule has 0 aliphatic carbocycles. The number of rotatable bonds is 5. The van der Waals surface area contributed by atoms with Gasteiger partial charge in [0, 0.05) is 12.6 Å². The van der Waals surface area contributed by atoms with E-state index in [2.05, 4.69) is 10.5 Å². The third-order valence-electron chi connectivity index (χ3n) is 3.81. The Bertz CT molecular complexity index is 689. The Morgan fingerprint density at radius 3 is 2.61 bits per heavy atom. The highest BCUT2D eigenvalue weighted by Crippen LogP contribution is 2.27. The van der Waals surface area contributed by atoms with E-state index in [0.717, 1.165) is 22.6 Å². The zero-order valence-electron chi connectivity index (χ0n) is 14.1. The number of nitrogens with one attached hydrogen (secondary N) is 1. The molecule has 0 spiro atoms. The summed E-state index contributed by atoms with van der Waals surface area (Å²) >= 11 is 6.24. The Morgan fingerprint density at radius 2 is 2.04 bits per heavy atom. The lowest BCUT2D eigenvalue weighted by molar-refractivity contribution is -0.120. The molecule has 124 valence electrons. The fraction of sp³-hybridized carbons (Fsp3) is 0.412. The molecule has 0 aliphatic heterocycles. The molecule has 1 aromatic heterocycles. The van der Waals surface area contributed by atoms with Gasteiger partial charge in [0.25, 0.3) is 0 Å². The molecule has 1 unspecified atom stereocenters. The van der Waals surface area contributed by atoms with Gasteiger partial charge in [0.2, 0.25) is 5.91 Å². The van der Waals surface area contributed by atoms with Crippen LogP contribution in [-0.2, 0) is 11.3 Å². The summed E-state index contributed by atoms with van der Waals surface area (Å²) in [5, 5.41) is 7.42. The number of halogens is 1. The molecule has 1 heterocycles. The lowest BCUT2D eigenvalue weighted by atomic mass is 10.1. The van der Waals surface area contributed by atoms with Crippen molar-refractivity contribution in [3.8, 4) is 0 Å². The van der Waals surface area contributed by atoms with Gasteiger partial charge in [-0.25, -0.2) is 0 Å². The Hall–Kier alpha value is -1.85. The van der Waals surface area contributed by atoms with E-state index in [1.165, 1.54) is 0 Å². The minimum absolute atomic E-state index is 0.110. The molecule has 0 radical (unpaired) electrons. The number of anilines is 1. The van der Waals surface area contributed by atoms with Crippen molar-refractivity contribution in [1.82, 2.24) is 10.1 Å². The molecule has 2 aromatic rings. The molecule has 5 nitrogen and oxygen atoms in total. The van der Waals surface area contributed by atoms with E-state index in [-0.39, 0.29) is 11.9 Å². The first kappa shape index (κ1) is 17.5. The van der Waals surface area contributed by atoms with Gasteiger partial charge in [-0.1, -0.05) is 22.8 Å². The Labute approximate surface area is 141 Å². The van der Waals surface area contributed by atoms with Crippen LogP contribution in [-0.4, -0.2) is 29.1 Å². The lowest BCUT2D eigenvalue weighted by Crippen LogP contribution is -2.39. The Kier molecular flexibility index (Phi) is 5.44. The van der Waals surface area contributed by atoms with Crippen LogP contribution < -0.4 is 5.32 Å². The number of hydrogen-bond donors (Lipinski definition) is 1. The van der Waals surface area contributed by atoms with Gasteiger partial charge in [0.1, 0.15) is 5.76 Å². The number of benzene rings is 1. The summed E-state index contributed by atoms with van der Waals surface area (Å²) in [7, 11) is 1.87. The minimum atomic E-state index is -0.330. The largest absolute Gasteiger partial charge is 0.361 e. The highest BCUT2D eigenvalue weighted by atomic mass is 35.5. The molecular weight excluding hydrogens is 314 g/mol. The van der Waals surface area contributed by atoms with Crippen molar-refractivity contribution >= 4 is 23.2 Å². The normalized spacial score (nSPS) is 12.5. The second-order valence-corrected chi connectivity index (χ2v) is 6.36. The molecule has 1 atom stereocenters. The third kappa shape index (κ3) is 4.33. The van der Waals surface area contributed by atoms with E-state index in [9.17, 15) is 4.79 Å². The summed E-state index contributed by atoms with van der Waals surface area (Å²) in [5.41, 5.74) is 3.48. The quantitative estimate of drug-likeness (QED) is 0.904. The zero-order valence-corrected chi connectivity index (χ0v) is 14.9. The summed E-state index contributed by atoms with van der Waals surface area (Å²) in [6.45, 7) is 8.13. The molecule has 1 N–H and O–H groups in total. The van der Waals surface area contributed by atoms with Crippen LogP contribution in [0.1, 0.15) is 29.5 Å². The van der Waals surface area contributed by atoms with Crippen molar-refractivity contribution in [3.05, 3.63) is 45.8 Å². The summed E-state index contributed by atoms with van der Waals surface area (Å²) < 4.78 is 5.05. The molecule has 0 saturated heterocycles. The Balaban J connectivity index is 2.05. The van der Waals surface area contributed by atoms with Gasteiger partial charge < -0.3 is 9.84 Å². The van der Waals surface area contributed by atoms with E-state index in [1.807, 2.05) is 57.8 Å².